The lowest BCUT2D eigenvalue weighted by Gasteiger charge is -2.20. The molecule has 0 aliphatic carbocycles. The average Bonchev–Trinajstić information content (AvgIpc) is 2.44. The Morgan fingerprint density at radius 3 is 2.43 bits per heavy atom. The first-order valence-electron chi connectivity index (χ1n) is 7.13. The van der Waals surface area contributed by atoms with Crippen molar-refractivity contribution in [3.05, 3.63) is 52.6 Å². The summed E-state index contributed by atoms with van der Waals surface area (Å²) in [5.41, 5.74) is 5.22. The van der Waals surface area contributed by atoms with Crippen LogP contribution in [-0.4, -0.2) is 12.2 Å². The normalized spacial score (nSPS) is 12.0. The van der Waals surface area contributed by atoms with Gasteiger partial charge in [0.1, 0.15) is 11.5 Å². The molecule has 1 unspecified atom stereocenters. The van der Waals surface area contributed by atoms with Gasteiger partial charge >= 0.3 is 0 Å². The molecule has 0 bridgehead atoms. The van der Waals surface area contributed by atoms with Crippen LogP contribution in [0.3, 0.4) is 0 Å². The van der Waals surface area contributed by atoms with E-state index in [1.165, 1.54) is 5.56 Å². The van der Waals surface area contributed by atoms with Crippen molar-refractivity contribution in [2.75, 3.05) is 12.4 Å². The number of hydrogen-bond donors (Lipinski definition) is 2. The highest BCUT2D eigenvalue weighted by Crippen LogP contribution is 2.31. The van der Waals surface area contributed by atoms with Gasteiger partial charge in [-0.3, -0.25) is 0 Å². The first-order chi connectivity index (χ1) is 9.92. The van der Waals surface area contributed by atoms with Gasteiger partial charge in [0.25, 0.3) is 0 Å². The zero-order valence-electron chi connectivity index (χ0n) is 13.3. The van der Waals surface area contributed by atoms with Crippen LogP contribution in [0, 0.1) is 20.8 Å². The maximum Gasteiger partial charge on any atom is 0.124 e. The summed E-state index contributed by atoms with van der Waals surface area (Å²) in [6, 6.07) is 10.1. The van der Waals surface area contributed by atoms with Gasteiger partial charge in [0, 0.05) is 11.3 Å². The number of methoxy groups -OCH3 is 1. The average molecular weight is 285 g/mol. The van der Waals surface area contributed by atoms with Crippen LogP contribution in [0.4, 0.5) is 5.69 Å². The third-order valence-electron chi connectivity index (χ3n) is 3.77. The first kappa shape index (κ1) is 15.2. The number of ether oxygens (including phenoxy) is 1. The molecule has 0 aliphatic rings. The monoisotopic (exact) mass is 285 g/mol. The van der Waals surface area contributed by atoms with Gasteiger partial charge in [0.05, 0.1) is 13.2 Å². The molecule has 0 radical (unpaired) electrons. The predicted molar refractivity (Wildman–Crippen MR) is 87.3 cm³/mol. The minimum Gasteiger partial charge on any atom is -0.508 e. The third-order valence-corrected chi connectivity index (χ3v) is 3.77. The molecule has 2 rings (SSSR count). The van der Waals surface area contributed by atoms with Crippen molar-refractivity contribution in [2.45, 2.75) is 33.7 Å². The van der Waals surface area contributed by atoms with Crippen molar-refractivity contribution in [2.24, 2.45) is 0 Å². The van der Waals surface area contributed by atoms with Gasteiger partial charge in [-0.05, 0) is 62.6 Å². The van der Waals surface area contributed by atoms with E-state index in [0.29, 0.717) is 5.75 Å². The molecule has 21 heavy (non-hydrogen) atoms. The first-order valence-corrected chi connectivity index (χ1v) is 7.13. The summed E-state index contributed by atoms with van der Waals surface area (Å²) in [5.74, 6) is 1.22. The van der Waals surface area contributed by atoms with Crippen molar-refractivity contribution in [1.29, 1.82) is 0 Å². The Balaban J connectivity index is 2.30. The predicted octanol–water partition coefficient (Wildman–Crippen LogP) is 4.50. The van der Waals surface area contributed by atoms with Crippen LogP contribution < -0.4 is 10.1 Å². The van der Waals surface area contributed by atoms with Gasteiger partial charge < -0.3 is 15.2 Å². The highest BCUT2D eigenvalue weighted by atomic mass is 16.5. The number of aryl methyl sites for hydroxylation is 3. The van der Waals surface area contributed by atoms with Crippen LogP contribution >= 0.6 is 0 Å². The number of anilines is 1. The van der Waals surface area contributed by atoms with Crippen molar-refractivity contribution in [3.63, 3.8) is 0 Å². The number of rotatable bonds is 4. The standard InChI is InChI=1S/C18H23NO2/c1-11-6-7-15(18(8-11)21-5)14(4)19-16-9-13(3)17(20)10-12(16)2/h6-10,14,19-20H,1-5H3. The maximum absolute atomic E-state index is 9.74. The Labute approximate surface area is 126 Å². The van der Waals surface area contributed by atoms with Crippen LogP contribution in [0.25, 0.3) is 0 Å². The molecule has 112 valence electrons. The van der Waals surface area contributed by atoms with Gasteiger partial charge in [0.2, 0.25) is 0 Å². The van der Waals surface area contributed by atoms with Crippen molar-refractivity contribution < 1.29 is 9.84 Å². The van der Waals surface area contributed by atoms with Crippen LogP contribution in [0.2, 0.25) is 0 Å². The molecule has 0 aliphatic heterocycles. The Morgan fingerprint density at radius 1 is 1.05 bits per heavy atom. The fourth-order valence-electron chi connectivity index (χ4n) is 2.44. The summed E-state index contributed by atoms with van der Waals surface area (Å²) in [4.78, 5) is 0. The van der Waals surface area contributed by atoms with Crippen molar-refractivity contribution >= 4 is 5.69 Å². The second kappa shape index (κ2) is 6.08. The molecule has 0 fully saturated rings. The van der Waals surface area contributed by atoms with Crippen LogP contribution in [0.15, 0.2) is 30.3 Å². The highest BCUT2D eigenvalue weighted by molar-refractivity contribution is 5.58. The molecule has 2 aromatic carbocycles. The van der Waals surface area contributed by atoms with Crippen molar-refractivity contribution in [1.82, 2.24) is 0 Å². The summed E-state index contributed by atoms with van der Waals surface area (Å²) in [5, 5.41) is 13.2. The molecule has 0 heterocycles. The number of benzene rings is 2. The van der Waals surface area contributed by atoms with Gasteiger partial charge in [0.15, 0.2) is 0 Å². The lowest BCUT2D eigenvalue weighted by molar-refractivity contribution is 0.407. The second-order valence-electron chi connectivity index (χ2n) is 5.57. The number of aromatic hydroxyl groups is 1. The number of phenols is 1. The molecule has 0 aromatic heterocycles. The number of phenolic OH excluding ortho intramolecular Hbond substituents is 1. The summed E-state index contributed by atoms with van der Waals surface area (Å²) in [7, 11) is 1.70. The summed E-state index contributed by atoms with van der Waals surface area (Å²) in [6.45, 7) is 8.05. The quantitative estimate of drug-likeness (QED) is 0.813. The molecule has 3 nitrogen and oxygen atoms in total. The highest BCUT2D eigenvalue weighted by Gasteiger charge is 2.13. The largest absolute Gasteiger partial charge is 0.508 e. The van der Waals surface area contributed by atoms with Gasteiger partial charge in [-0.2, -0.15) is 0 Å². The SMILES string of the molecule is COc1cc(C)ccc1C(C)Nc1cc(C)c(O)cc1C. The van der Waals surface area contributed by atoms with Crippen LogP contribution in [-0.2, 0) is 0 Å². The molecule has 3 heteroatoms. The van der Waals surface area contributed by atoms with E-state index in [1.807, 2.05) is 26.0 Å². The molecule has 1 atom stereocenters. The molecule has 0 spiro atoms. The Bertz CT molecular complexity index is 650. The van der Waals surface area contributed by atoms with E-state index in [1.54, 1.807) is 13.2 Å². The van der Waals surface area contributed by atoms with E-state index in [0.717, 1.165) is 28.1 Å². The molecular weight excluding hydrogens is 262 g/mol. The fraction of sp³-hybridized carbons (Fsp3) is 0.333. The van der Waals surface area contributed by atoms with E-state index < -0.39 is 0 Å². The Morgan fingerprint density at radius 2 is 1.76 bits per heavy atom. The lowest BCUT2D eigenvalue weighted by Crippen LogP contribution is -2.09. The minimum absolute atomic E-state index is 0.114. The minimum atomic E-state index is 0.114. The zero-order valence-corrected chi connectivity index (χ0v) is 13.3. The number of nitrogens with one attached hydrogen (secondary N) is 1. The second-order valence-corrected chi connectivity index (χ2v) is 5.57. The topological polar surface area (TPSA) is 41.5 Å². The van der Waals surface area contributed by atoms with Crippen LogP contribution in [0.1, 0.15) is 35.2 Å². The smallest absolute Gasteiger partial charge is 0.124 e. The molecule has 2 N–H and O–H groups in total. The Kier molecular flexibility index (Phi) is 4.41. The van der Waals surface area contributed by atoms with Gasteiger partial charge in [-0.25, -0.2) is 0 Å². The molecule has 2 aromatic rings. The van der Waals surface area contributed by atoms with E-state index in [-0.39, 0.29) is 6.04 Å². The summed E-state index contributed by atoms with van der Waals surface area (Å²) >= 11 is 0. The van der Waals surface area contributed by atoms with E-state index in [4.69, 9.17) is 4.74 Å². The van der Waals surface area contributed by atoms with Gasteiger partial charge in [-0.1, -0.05) is 12.1 Å². The van der Waals surface area contributed by atoms with Crippen molar-refractivity contribution in [3.8, 4) is 11.5 Å². The molecule has 0 saturated carbocycles. The Hall–Kier alpha value is -2.16. The maximum atomic E-state index is 9.74. The summed E-state index contributed by atoms with van der Waals surface area (Å²) in [6.07, 6.45) is 0. The lowest BCUT2D eigenvalue weighted by atomic mass is 10.0. The van der Waals surface area contributed by atoms with Gasteiger partial charge in [-0.15, -0.1) is 0 Å². The fourth-order valence-corrected chi connectivity index (χ4v) is 2.44. The number of hydrogen-bond acceptors (Lipinski definition) is 3. The van der Waals surface area contributed by atoms with E-state index in [2.05, 4.69) is 31.3 Å². The van der Waals surface area contributed by atoms with E-state index in [9.17, 15) is 5.11 Å². The summed E-state index contributed by atoms with van der Waals surface area (Å²) < 4.78 is 5.48. The van der Waals surface area contributed by atoms with E-state index >= 15 is 0 Å². The molecular formula is C18H23NO2. The molecule has 0 saturated heterocycles. The molecule has 0 amide bonds. The van der Waals surface area contributed by atoms with Crippen LogP contribution in [0.5, 0.6) is 11.5 Å². The zero-order chi connectivity index (χ0) is 15.6. The third kappa shape index (κ3) is 3.30.